The van der Waals surface area contributed by atoms with Crippen molar-refractivity contribution in [1.29, 1.82) is 0 Å². The third kappa shape index (κ3) is 3.35. The Morgan fingerprint density at radius 3 is 2.84 bits per heavy atom. The zero-order valence-electron chi connectivity index (χ0n) is 11.3. The van der Waals surface area contributed by atoms with E-state index in [0.717, 1.165) is 53.6 Å². The molecule has 4 N–H and O–H groups in total. The van der Waals surface area contributed by atoms with Crippen molar-refractivity contribution in [3.05, 3.63) is 30.1 Å². The number of hydrogen-bond acceptors (Lipinski definition) is 4. The molecule has 2 aromatic rings. The van der Waals surface area contributed by atoms with Crippen molar-refractivity contribution in [3.8, 4) is 0 Å². The first-order valence-corrected chi connectivity index (χ1v) is 6.72. The van der Waals surface area contributed by atoms with Gasteiger partial charge >= 0.3 is 0 Å². The van der Waals surface area contributed by atoms with Gasteiger partial charge in [0.2, 0.25) is 0 Å². The van der Waals surface area contributed by atoms with E-state index in [1.165, 1.54) is 0 Å². The highest BCUT2D eigenvalue weighted by atomic mass is 16.2. The average Bonchev–Trinajstić information content (AvgIpc) is 2.41. The van der Waals surface area contributed by atoms with Crippen LogP contribution in [0.2, 0.25) is 0 Å². The van der Waals surface area contributed by atoms with Crippen LogP contribution in [0.1, 0.15) is 25.0 Å². The number of aliphatic hydroxyl groups excluding tert-OH is 1. The molecule has 1 aromatic heterocycles. The van der Waals surface area contributed by atoms with Crippen molar-refractivity contribution in [1.82, 2.24) is 4.98 Å². The Labute approximate surface area is 113 Å². The van der Waals surface area contributed by atoms with Gasteiger partial charge in [0.1, 0.15) is 0 Å². The predicted molar refractivity (Wildman–Crippen MR) is 80.3 cm³/mol. The Morgan fingerprint density at radius 1 is 1.21 bits per heavy atom. The Hall–Kier alpha value is -1.81. The van der Waals surface area contributed by atoms with Crippen molar-refractivity contribution >= 4 is 22.1 Å². The number of nitrogens with zero attached hydrogens (tertiary/aromatic N) is 1. The number of rotatable bonds is 6. The summed E-state index contributed by atoms with van der Waals surface area (Å²) < 4.78 is 0. The fourth-order valence-corrected chi connectivity index (χ4v) is 2.16. The van der Waals surface area contributed by atoms with Crippen molar-refractivity contribution in [2.75, 3.05) is 24.2 Å². The summed E-state index contributed by atoms with van der Waals surface area (Å²) in [6.07, 6.45) is 4.79. The lowest BCUT2D eigenvalue weighted by Crippen LogP contribution is -2.03. The summed E-state index contributed by atoms with van der Waals surface area (Å²) in [6, 6.07) is 5.99. The van der Waals surface area contributed by atoms with Crippen LogP contribution in [0.3, 0.4) is 0 Å². The molecule has 0 bridgehead atoms. The Kier molecular flexibility index (Phi) is 4.58. The SMILES string of the molecule is Cc1cc2c(NCCCCCO)ccc(N)c2cn1. The molecule has 1 aromatic carbocycles. The number of nitrogen functional groups attached to an aromatic ring is 1. The minimum Gasteiger partial charge on any atom is -0.398 e. The molecule has 0 aliphatic heterocycles. The van der Waals surface area contributed by atoms with Crippen LogP contribution in [-0.2, 0) is 0 Å². The standard InChI is InChI=1S/C15H21N3O/c1-11-9-12-13(10-18-11)14(16)5-6-15(12)17-7-3-2-4-8-19/h5-6,9-10,17,19H,2-4,7-8,16H2,1H3. The molecule has 0 unspecified atom stereocenters. The molecular weight excluding hydrogens is 238 g/mol. The molecule has 0 aliphatic rings. The number of pyridine rings is 1. The van der Waals surface area contributed by atoms with Crippen LogP contribution in [0.5, 0.6) is 0 Å². The van der Waals surface area contributed by atoms with E-state index in [9.17, 15) is 0 Å². The zero-order valence-corrected chi connectivity index (χ0v) is 11.3. The number of aliphatic hydroxyl groups is 1. The van der Waals surface area contributed by atoms with E-state index in [2.05, 4.69) is 16.4 Å². The van der Waals surface area contributed by atoms with Gasteiger partial charge in [0.25, 0.3) is 0 Å². The first-order chi connectivity index (χ1) is 9.22. The van der Waals surface area contributed by atoms with Crippen LogP contribution in [0.25, 0.3) is 10.8 Å². The smallest absolute Gasteiger partial charge is 0.0431 e. The molecule has 19 heavy (non-hydrogen) atoms. The Bertz CT molecular complexity index is 554. The fraction of sp³-hybridized carbons (Fsp3) is 0.400. The lowest BCUT2D eigenvalue weighted by atomic mass is 10.1. The lowest BCUT2D eigenvalue weighted by Gasteiger charge is -2.11. The van der Waals surface area contributed by atoms with Crippen molar-refractivity contribution in [2.45, 2.75) is 26.2 Å². The molecule has 0 atom stereocenters. The Morgan fingerprint density at radius 2 is 2.05 bits per heavy atom. The number of unbranched alkanes of at least 4 members (excludes halogenated alkanes) is 2. The van der Waals surface area contributed by atoms with Crippen molar-refractivity contribution in [3.63, 3.8) is 0 Å². The van der Waals surface area contributed by atoms with Gasteiger partial charge in [0, 0.05) is 47.2 Å². The summed E-state index contributed by atoms with van der Waals surface area (Å²) in [5.41, 5.74) is 8.82. The van der Waals surface area contributed by atoms with E-state index in [-0.39, 0.29) is 6.61 Å². The number of nitrogens with two attached hydrogens (primary N) is 1. The molecule has 4 nitrogen and oxygen atoms in total. The van der Waals surface area contributed by atoms with Crippen LogP contribution < -0.4 is 11.1 Å². The van der Waals surface area contributed by atoms with Crippen LogP contribution in [0, 0.1) is 6.92 Å². The van der Waals surface area contributed by atoms with Gasteiger partial charge in [-0.1, -0.05) is 0 Å². The second-order valence-corrected chi connectivity index (χ2v) is 4.78. The first-order valence-electron chi connectivity index (χ1n) is 6.72. The second-order valence-electron chi connectivity index (χ2n) is 4.78. The number of nitrogens with one attached hydrogen (secondary N) is 1. The summed E-state index contributed by atoms with van der Waals surface area (Å²) >= 11 is 0. The van der Waals surface area contributed by atoms with E-state index >= 15 is 0 Å². The maximum atomic E-state index is 8.74. The van der Waals surface area contributed by atoms with Crippen LogP contribution >= 0.6 is 0 Å². The number of aryl methyl sites for hydroxylation is 1. The van der Waals surface area contributed by atoms with Gasteiger partial charge in [-0.15, -0.1) is 0 Å². The van der Waals surface area contributed by atoms with E-state index in [0.29, 0.717) is 0 Å². The molecule has 102 valence electrons. The molecule has 0 spiro atoms. The molecule has 0 amide bonds. The molecule has 2 rings (SSSR count). The summed E-state index contributed by atoms with van der Waals surface area (Å²) in [6.45, 7) is 3.16. The van der Waals surface area contributed by atoms with E-state index in [4.69, 9.17) is 10.8 Å². The van der Waals surface area contributed by atoms with Crippen molar-refractivity contribution in [2.24, 2.45) is 0 Å². The monoisotopic (exact) mass is 259 g/mol. The molecule has 0 saturated carbocycles. The number of hydrogen-bond donors (Lipinski definition) is 3. The summed E-state index contributed by atoms with van der Waals surface area (Å²) in [5.74, 6) is 0. The van der Waals surface area contributed by atoms with Crippen LogP contribution in [0.15, 0.2) is 24.4 Å². The molecule has 0 saturated heterocycles. The third-order valence-electron chi connectivity index (χ3n) is 3.22. The normalized spacial score (nSPS) is 10.8. The van der Waals surface area contributed by atoms with Crippen molar-refractivity contribution < 1.29 is 5.11 Å². The summed E-state index contributed by atoms with van der Waals surface area (Å²) in [4.78, 5) is 4.29. The topological polar surface area (TPSA) is 71.2 Å². The van der Waals surface area contributed by atoms with Gasteiger partial charge in [-0.25, -0.2) is 0 Å². The van der Waals surface area contributed by atoms with E-state index < -0.39 is 0 Å². The second kappa shape index (κ2) is 6.38. The molecule has 0 aliphatic carbocycles. The average molecular weight is 259 g/mol. The predicted octanol–water partition coefficient (Wildman–Crippen LogP) is 2.70. The quantitative estimate of drug-likeness (QED) is 0.551. The third-order valence-corrected chi connectivity index (χ3v) is 3.22. The van der Waals surface area contributed by atoms with E-state index in [1.807, 2.05) is 25.3 Å². The molecule has 0 radical (unpaired) electrons. The maximum absolute atomic E-state index is 8.74. The number of fused-ring (bicyclic) bond motifs is 1. The summed E-state index contributed by atoms with van der Waals surface area (Å²) in [7, 11) is 0. The van der Waals surface area contributed by atoms with Gasteiger partial charge in [-0.2, -0.15) is 0 Å². The molecule has 4 heteroatoms. The van der Waals surface area contributed by atoms with E-state index in [1.54, 1.807) is 0 Å². The molecular formula is C15H21N3O. The first kappa shape index (κ1) is 13.6. The fourth-order valence-electron chi connectivity index (χ4n) is 2.16. The minimum atomic E-state index is 0.273. The zero-order chi connectivity index (χ0) is 13.7. The Balaban J connectivity index is 2.14. The number of anilines is 2. The molecule has 1 heterocycles. The summed E-state index contributed by atoms with van der Waals surface area (Å²) in [5, 5.41) is 14.3. The highest BCUT2D eigenvalue weighted by Gasteiger charge is 2.04. The van der Waals surface area contributed by atoms with Gasteiger partial charge in [-0.05, 0) is 44.4 Å². The van der Waals surface area contributed by atoms with Gasteiger partial charge in [0.15, 0.2) is 0 Å². The van der Waals surface area contributed by atoms with Crippen LogP contribution in [-0.4, -0.2) is 23.2 Å². The minimum absolute atomic E-state index is 0.273. The highest BCUT2D eigenvalue weighted by Crippen LogP contribution is 2.28. The highest BCUT2D eigenvalue weighted by molar-refractivity contribution is 6.00. The van der Waals surface area contributed by atoms with Gasteiger partial charge in [-0.3, -0.25) is 4.98 Å². The van der Waals surface area contributed by atoms with Gasteiger partial charge in [0.05, 0.1) is 0 Å². The number of benzene rings is 1. The lowest BCUT2D eigenvalue weighted by molar-refractivity contribution is 0.283. The molecule has 0 fully saturated rings. The maximum Gasteiger partial charge on any atom is 0.0431 e. The van der Waals surface area contributed by atoms with Gasteiger partial charge < -0.3 is 16.2 Å². The van der Waals surface area contributed by atoms with Crippen LogP contribution in [0.4, 0.5) is 11.4 Å². The number of aromatic nitrogens is 1. The largest absolute Gasteiger partial charge is 0.398 e.